The van der Waals surface area contributed by atoms with Crippen LogP contribution in [0.3, 0.4) is 0 Å². The second-order valence-corrected chi connectivity index (χ2v) is 7.64. The van der Waals surface area contributed by atoms with Crippen LogP contribution >= 0.6 is 0 Å². The SMILES string of the molecule is O=C(Nc1ccc(N2CCOCC2)nc1)c1cn(-c2ccccc2)nc1-c1ccc(F)cc1. The summed E-state index contributed by atoms with van der Waals surface area (Å²) in [6, 6.07) is 19.2. The molecule has 5 rings (SSSR count). The summed E-state index contributed by atoms with van der Waals surface area (Å²) in [6.45, 7) is 2.94. The molecule has 2 aromatic carbocycles. The van der Waals surface area contributed by atoms with Gasteiger partial charge in [-0.2, -0.15) is 5.10 Å². The Morgan fingerprint density at radius 1 is 0.970 bits per heavy atom. The minimum atomic E-state index is -0.348. The van der Waals surface area contributed by atoms with Crippen LogP contribution in [0, 0.1) is 5.82 Å². The molecule has 1 aliphatic rings. The van der Waals surface area contributed by atoms with Gasteiger partial charge in [0, 0.05) is 24.8 Å². The van der Waals surface area contributed by atoms with Crippen molar-refractivity contribution in [3.05, 3.63) is 90.5 Å². The summed E-state index contributed by atoms with van der Waals surface area (Å²) in [6.07, 6.45) is 3.32. The summed E-state index contributed by atoms with van der Waals surface area (Å²) < 4.78 is 20.5. The third-order valence-electron chi connectivity index (χ3n) is 5.44. The third-order valence-corrected chi connectivity index (χ3v) is 5.44. The van der Waals surface area contributed by atoms with E-state index in [9.17, 15) is 9.18 Å². The third kappa shape index (κ3) is 4.61. The van der Waals surface area contributed by atoms with Gasteiger partial charge in [0.1, 0.15) is 17.3 Å². The van der Waals surface area contributed by atoms with Crippen molar-refractivity contribution in [1.82, 2.24) is 14.8 Å². The second kappa shape index (κ2) is 9.22. The molecule has 7 nitrogen and oxygen atoms in total. The molecule has 0 aliphatic carbocycles. The first kappa shape index (κ1) is 20.8. The normalized spacial score (nSPS) is 13.7. The van der Waals surface area contributed by atoms with Gasteiger partial charge in [-0.05, 0) is 48.5 Å². The number of benzene rings is 2. The molecule has 33 heavy (non-hydrogen) atoms. The standard InChI is InChI=1S/C25H22FN5O2/c26-19-8-6-18(7-9-19)24-22(17-31(29-24)21-4-2-1-3-5-21)25(32)28-20-10-11-23(27-16-20)30-12-14-33-15-13-30/h1-11,16-17H,12-15H2,(H,28,32). The fourth-order valence-corrected chi connectivity index (χ4v) is 3.71. The molecule has 0 spiro atoms. The topological polar surface area (TPSA) is 72.3 Å². The molecule has 0 saturated carbocycles. The highest BCUT2D eigenvalue weighted by molar-refractivity contribution is 6.08. The molecule has 0 bridgehead atoms. The smallest absolute Gasteiger partial charge is 0.259 e. The van der Waals surface area contributed by atoms with Gasteiger partial charge in [0.15, 0.2) is 0 Å². The molecule has 0 radical (unpaired) electrons. The Labute approximate surface area is 190 Å². The average Bonchev–Trinajstić information content (AvgIpc) is 3.32. The fraction of sp³-hybridized carbons (Fsp3) is 0.160. The minimum Gasteiger partial charge on any atom is -0.378 e. The first-order chi connectivity index (χ1) is 16.2. The highest BCUT2D eigenvalue weighted by atomic mass is 19.1. The van der Waals surface area contributed by atoms with Crippen LogP contribution < -0.4 is 10.2 Å². The number of rotatable bonds is 5. The number of nitrogens with one attached hydrogen (secondary N) is 1. The maximum atomic E-state index is 13.5. The van der Waals surface area contributed by atoms with E-state index in [0.29, 0.717) is 35.7 Å². The Balaban J connectivity index is 1.42. The number of pyridine rings is 1. The number of halogens is 1. The zero-order valence-electron chi connectivity index (χ0n) is 17.8. The summed E-state index contributed by atoms with van der Waals surface area (Å²) >= 11 is 0. The Hall–Kier alpha value is -4.04. The zero-order valence-corrected chi connectivity index (χ0v) is 17.8. The van der Waals surface area contributed by atoms with Crippen molar-refractivity contribution >= 4 is 17.4 Å². The number of morpholine rings is 1. The van der Waals surface area contributed by atoms with E-state index in [4.69, 9.17) is 4.74 Å². The number of amides is 1. The largest absolute Gasteiger partial charge is 0.378 e. The molecule has 1 fully saturated rings. The van der Waals surface area contributed by atoms with Crippen molar-refractivity contribution < 1.29 is 13.9 Å². The lowest BCUT2D eigenvalue weighted by Gasteiger charge is -2.27. The number of hydrogen-bond acceptors (Lipinski definition) is 5. The lowest BCUT2D eigenvalue weighted by Crippen LogP contribution is -2.36. The van der Waals surface area contributed by atoms with Crippen LogP contribution in [-0.2, 0) is 4.74 Å². The predicted molar refractivity (Wildman–Crippen MR) is 124 cm³/mol. The zero-order chi connectivity index (χ0) is 22.6. The number of anilines is 2. The van der Waals surface area contributed by atoms with Crippen molar-refractivity contribution in [3.63, 3.8) is 0 Å². The number of nitrogens with zero attached hydrogens (tertiary/aromatic N) is 4. The summed E-state index contributed by atoms with van der Waals surface area (Å²) in [5, 5.41) is 7.52. The monoisotopic (exact) mass is 443 g/mol. The average molecular weight is 443 g/mol. The number of carbonyl (C=O) groups excluding carboxylic acids is 1. The van der Waals surface area contributed by atoms with Crippen LogP contribution in [0.2, 0.25) is 0 Å². The molecule has 1 N–H and O–H groups in total. The summed E-state index contributed by atoms with van der Waals surface area (Å²) in [4.78, 5) is 19.8. The van der Waals surface area contributed by atoms with Crippen LogP contribution in [0.15, 0.2) is 79.1 Å². The van der Waals surface area contributed by atoms with Crippen molar-refractivity contribution in [2.24, 2.45) is 0 Å². The first-order valence-electron chi connectivity index (χ1n) is 10.7. The van der Waals surface area contributed by atoms with E-state index in [2.05, 4.69) is 20.3 Å². The van der Waals surface area contributed by atoms with Crippen molar-refractivity contribution in [2.45, 2.75) is 0 Å². The van der Waals surface area contributed by atoms with Gasteiger partial charge in [-0.3, -0.25) is 4.79 Å². The van der Waals surface area contributed by atoms with Crippen molar-refractivity contribution in [1.29, 1.82) is 0 Å². The lowest BCUT2D eigenvalue weighted by molar-refractivity contribution is 0.102. The molecule has 1 saturated heterocycles. The van der Waals surface area contributed by atoms with Gasteiger partial charge in [0.25, 0.3) is 5.91 Å². The molecule has 8 heteroatoms. The minimum absolute atomic E-state index is 0.322. The van der Waals surface area contributed by atoms with Gasteiger partial charge in [0.05, 0.1) is 36.3 Å². The van der Waals surface area contributed by atoms with E-state index in [-0.39, 0.29) is 11.7 Å². The maximum Gasteiger partial charge on any atom is 0.259 e. The first-order valence-corrected chi connectivity index (χ1v) is 10.7. The summed E-state index contributed by atoms with van der Waals surface area (Å²) in [7, 11) is 0. The number of aromatic nitrogens is 3. The van der Waals surface area contributed by atoms with Gasteiger partial charge in [-0.1, -0.05) is 18.2 Å². The molecule has 4 aromatic rings. The second-order valence-electron chi connectivity index (χ2n) is 7.64. The van der Waals surface area contributed by atoms with Crippen LogP contribution in [0.4, 0.5) is 15.9 Å². The molecule has 1 aliphatic heterocycles. The van der Waals surface area contributed by atoms with Crippen LogP contribution in [-0.4, -0.2) is 47.0 Å². The molecule has 0 unspecified atom stereocenters. The van der Waals surface area contributed by atoms with Gasteiger partial charge < -0.3 is 15.0 Å². The quantitative estimate of drug-likeness (QED) is 0.502. The van der Waals surface area contributed by atoms with Gasteiger partial charge in [-0.15, -0.1) is 0 Å². The van der Waals surface area contributed by atoms with E-state index in [1.165, 1.54) is 12.1 Å². The Kier molecular flexibility index (Phi) is 5.82. The van der Waals surface area contributed by atoms with E-state index in [1.54, 1.807) is 29.2 Å². The fourth-order valence-electron chi connectivity index (χ4n) is 3.71. The Morgan fingerprint density at radius 3 is 2.42 bits per heavy atom. The van der Waals surface area contributed by atoms with Crippen molar-refractivity contribution in [2.75, 3.05) is 36.5 Å². The van der Waals surface area contributed by atoms with E-state index >= 15 is 0 Å². The number of ether oxygens (including phenoxy) is 1. The van der Waals surface area contributed by atoms with Crippen LogP contribution in [0.5, 0.6) is 0 Å². The summed E-state index contributed by atoms with van der Waals surface area (Å²) in [5.41, 5.74) is 2.89. The van der Waals surface area contributed by atoms with E-state index in [0.717, 1.165) is 24.6 Å². The molecular weight excluding hydrogens is 421 g/mol. The Morgan fingerprint density at radius 2 is 1.73 bits per heavy atom. The van der Waals surface area contributed by atoms with Crippen LogP contribution in [0.25, 0.3) is 16.9 Å². The number of carbonyl (C=O) groups is 1. The molecule has 1 amide bonds. The lowest BCUT2D eigenvalue weighted by atomic mass is 10.1. The molecule has 3 heterocycles. The van der Waals surface area contributed by atoms with Crippen LogP contribution in [0.1, 0.15) is 10.4 Å². The molecule has 166 valence electrons. The number of para-hydroxylation sites is 1. The van der Waals surface area contributed by atoms with E-state index < -0.39 is 0 Å². The van der Waals surface area contributed by atoms with Gasteiger partial charge in [0.2, 0.25) is 0 Å². The number of hydrogen-bond donors (Lipinski definition) is 1. The highest BCUT2D eigenvalue weighted by Crippen LogP contribution is 2.25. The Bertz CT molecular complexity index is 1230. The summed E-state index contributed by atoms with van der Waals surface area (Å²) in [5.74, 6) is 0.177. The van der Waals surface area contributed by atoms with Gasteiger partial charge in [-0.25, -0.2) is 14.1 Å². The maximum absolute atomic E-state index is 13.5. The van der Waals surface area contributed by atoms with Gasteiger partial charge >= 0.3 is 0 Å². The highest BCUT2D eigenvalue weighted by Gasteiger charge is 2.19. The molecule has 0 atom stereocenters. The predicted octanol–water partition coefficient (Wildman–Crippen LogP) is 4.16. The molecule has 2 aromatic heterocycles. The van der Waals surface area contributed by atoms with Crippen molar-refractivity contribution in [3.8, 4) is 16.9 Å². The molecular formula is C25H22FN5O2. The van der Waals surface area contributed by atoms with E-state index in [1.807, 2.05) is 42.5 Å².